The summed E-state index contributed by atoms with van der Waals surface area (Å²) < 4.78 is 1.97. The maximum absolute atomic E-state index is 12.5. The van der Waals surface area contributed by atoms with Crippen molar-refractivity contribution in [3.8, 4) is 0 Å². The summed E-state index contributed by atoms with van der Waals surface area (Å²) in [5, 5.41) is 13.0. The zero-order valence-electron chi connectivity index (χ0n) is 18.2. The van der Waals surface area contributed by atoms with Crippen molar-refractivity contribution in [2.75, 3.05) is 11.1 Å². The van der Waals surface area contributed by atoms with Crippen LogP contribution in [0.2, 0.25) is 0 Å². The lowest BCUT2D eigenvalue weighted by Gasteiger charge is -2.10. The highest BCUT2D eigenvalue weighted by atomic mass is 32.2. The van der Waals surface area contributed by atoms with E-state index in [9.17, 15) is 4.79 Å². The van der Waals surface area contributed by atoms with Crippen molar-refractivity contribution in [1.29, 1.82) is 0 Å². The van der Waals surface area contributed by atoms with E-state index in [0.29, 0.717) is 22.6 Å². The van der Waals surface area contributed by atoms with Gasteiger partial charge in [0.1, 0.15) is 5.82 Å². The second-order valence-corrected chi connectivity index (χ2v) is 8.99. The Morgan fingerprint density at radius 1 is 1.13 bits per heavy atom. The number of rotatable bonds is 9. The predicted molar refractivity (Wildman–Crippen MR) is 127 cm³/mol. The van der Waals surface area contributed by atoms with Crippen molar-refractivity contribution < 1.29 is 4.79 Å². The Kier molecular flexibility index (Phi) is 7.86. The van der Waals surface area contributed by atoms with Crippen LogP contribution in [0.1, 0.15) is 28.3 Å². The lowest BCUT2D eigenvalue weighted by molar-refractivity contribution is -0.113. The number of nitrogens with zero attached hydrogens (tertiary/aromatic N) is 5. The smallest absolute Gasteiger partial charge is 0.234 e. The van der Waals surface area contributed by atoms with Crippen LogP contribution in [0, 0.1) is 27.7 Å². The number of aromatic nitrogens is 5. The van der Waals surface area contributed by atoms with E-state index < -0.39 is 0 Å². The number of hydrogen-bond donors (Lipinski definition) is 1. The maximum atomic E-state index is 12.5. The van der Waals surface area contributed by atoms with Crippen molar-refractivity contribution in [3.05, 3.63) is 65.3 Å². The van der Waals surface area contributed by atoms with Gasteiger partial charge in [-0.1, -0.05) is 41.7 Å². The van der Waals surface area contributed by atoms with Gasteiger partial charge in [0.15, 0.2) is 10.3 Å². The summed E-state index contributed by atoms with van der Waals surface area (Å²) in [5.41, 5.74) is 4.93. The summed E-state index contributed by atoms with van der Waals surface area (Å²) in [6, 6.07) is 7.83. The van der Waals surface area contributed by atoms with Gasteiger partial charge in [0.05, 0.1) is 11.5 Å². The molecule has 3 aromatic rings. The summed E-state index contributed by atoms with van der Waals surface area (Å²) in [4.78, 5) is 21.4. The maximum Gasteiger partial charge on any atom is 0.234 e. The number of hydrogen-bond acceptors (Lipinski definition) is 7. The van der Waals surface area contributed by atoms with Crippen LogP contribution in [0.25, 0.3) is 0 Å². The molecule has 0 saturated carbocycles. The average Bonchev–Trinajstić information content (AvgIpc) is 3.09. The number of aryl methyl sites for hydroxylation is 3. The molecule has 0 aliphatic heterocycles. The Morgan fingerprint density at radius 3 is 2.58 bits per heavy atom. The quantitative estimate of drug-likeness (QED) is 0.289. The minimum Gasteiger partial charge on any atom is -0.325 e. The lowest BCUT2D eigenvalue weighted by Crippen LogP contribution is -2.15. The number of allylic oxidation sites excluding steroid dienone is 1. The van der Waals surface area contributed by atoms with Gasteiger partial charge < -0.3 is 9.88 Å². The van der Waals surface area contributed by atoms with E-state index >= 15 is 0 Å². The molecule has 31 heavy (non-hydrogen) atoms. The molecule has 1 N–H and O–H groups in total. The molecule has 0 aliphatic rings. The molecule has 0 unspecified atom stereocenters. The molecule has 162 valence electrons. The SMILES string of the molecule is C=CCn1c(CSc2nc(C)cc(C)n2)nnc1SCC(=O)Nc1cccc(C)c1C. The Morgan fingerprint density at radius 2 is 1.87 bits per heavy atom. The van der Waals surface area contributed by atoms with Gasteiger partial charge in [0, 0.05) is 23.6 Å². The molecule has 0 bridgehead atoms. The van der Waals surface area contributed by atoms with E-state index in [-0.39, 0.29) is 11.7 Å². The fourth-order valence-electron chi connectivity index (χ4n) is 2.94. The number of thioether (sulfide) groups is 2. The van der Waals surface area contributed by atoms with E-state index in [4.69, 9.17) is 0 Å². The van der Waals surface area contributed by atoms with Crippen molar-refractivity contribution in [3.63, 3.8) is 0 Å². The van der Waals surface area contributed by atoms with Crippen molar-refractivity contribution in [1.82, 2.24) is 24.7 Å². The van der Waals surface area contributed by atoms with Gasteiger partial charge in [-0.2, -0.15) is 0 Å². The molecule has 1 amide bonds. The fraction of sp³-hybridized carbons (Fsp3) is 0.318. The summed E-state index contributed by atoms with van der Waals surface area (Å²) in [6.07, 6.45) is 1.80. The average molecular weight is 455 g/mol. The Bertz CT molecular complexity index is 1080. The monoisotopic (exact) mass is 454 g/mol. The normalized spacial score (nSPS) is 10.8. The molecular formula is C22H26N6OS2. The predicted octanol–water partition coefficient (Wildman–Crippen LogP) is 4.51. The van der Waals surface area contributed by atoms with Crippen LogP contribution in [-0.4, -0.2) is 36.4 Å². The Balaban J connectivity index is 1.64. The van der Waals surface area contributed by atoms with Gasteiger partial charge in [-0.05, 0) is 51.0 Å². The molecule has 0 aliphatic carbocycles. The number of nitrogens with one attached hydrogen (secondary N) is 1. The zero-order valence-corrected chi connectivity index (χ0v) is 19.8. The third kappa shape index (κ3) is 6.18. The van der Waals surface area contributed by atoms with Gasteiger partial charge in [-0.25, -0.2) is 9.97 Å². The Hall–Kier alpha value is -2.65. The van der Waals surface area contributed by atoms with Crippen molar-refractivity contribution >= 4 is 35.1 Å². The first-order chi connectivity index (χ1) is 14.9. The molecular weight excluding hydrogens is 428 g/mol. The van der Waals surface area contributed by atoms with E-state index in [1.165, 1.54) is 23.5 Å². The number of benzene rings is 1. The fourth-order valence-corrected chi connectivity index (χ4v) is 4.59. The highest BCUT2D eigenvalue weighted by Crippen LogP contribution is 2.24. The van der Waals surface area contributed by atoms with Crippen LogP contribution < -0.4 is 5.32 Å². The molecule has 9 heteroatoms. The third-order valence-electron chi connectivity index (χ3n) is 4.61. The number of anilines is 1. The van der Waals surface area contributed by atoms with Crippen molar-refractivity contribution in [2.24, 2.45) is 0 Å². The summed E-state index contributed by atoms with van der Waals surface area (Å²) >= 11 is 2.88. The summed E-state index contributed by atoms with van der Waals surface area (Å²) in [7, 11) is 0. The number of carbonyl (C=O) groups excluding carboxylic acids is 1. The number of carbonyl (C=O) groups is 1. The Labute approximate surface area is 191 Å². The first-order valence-electron chi connectivity index (χ1n) is 9.84. The molecule has 0 spiro atoms. The molecule has 0 saturated heterocycles. The van der Waals surface area contributed by atoms with Crippen LogP contribution in [0.4, 0.5) is 5.69 Å². The van der Waals surface area contributed by atoms with Gasteiger partial charge in [-0.3, -0.25) is 4.79 Å². The molecule has 0 fully saturated rings. The molecule has 2 aromatic heterocycles. The van der Waals surface area contributed by atoms with Crippen LogP contribution >= 0.6 is 23.5 Å². The summed E-state index contributed by atoms with van der Waals surface area (Å²) in [6.45, 7) is 12.3. The lowest BCUT2D eigenvalue weighted by atomic mass is 10.1. The van der Waals surface area contributed by atoms with Crippen LogP contribution in [0.15, 0.2) is 47.2 Å². The first kappa shape index (κ1) is 23.0. The van der Waals surface area contributed by atoms with Gasteiger partial charge in [0.25, 0.3) is 0 Å². The van der Waals surface area contributed by atoms with Gasteiger partial charge in [0.2, 0.25) is 5.91 Å². The molecule has 0 atom stereocenters. The number of amides is 1. The summed E-state index contributed by atoms with van der Waals surface area (Å²) in [5.74, 6) is 1.55. The van der Waals surface area contributed by atoms with Gasteiger partial charge >= 0.3 is 0 Å². The highest BCUT2D eigenvalue weighted by molar-refractivity contribution is 7.99. The minimum absolute atomic E-state index is 0.0774. The molecule has 2 heterocycles. The zero-order chi connectivity index (χ0) is 22.4. The second-order valence-electron chi connectivity index (χ2n) is 7.10. The minimum atomic E-state index is -0.0774. The molecule has 1 aromatic carbocycles. The van der Waals surface area contributed by atoms with E-state index in [0.717, 1.165) is 34.0 Å². The second kappa shape index (κ2) is 10.6. The van der Waals surface area contributed by atoms with Crippen molar-refractivity contribution in [2.45, 2.75) is 50.3 Å². The van der Waals surface area contributed by atoms with Crippen LogP contribution in [-0.2, 0) is 17.1 Å². The third-order valence-corrected chi connectivity index (χ3v) is 6.42. The molecule has 3 rings (SSSR count). The highest BCUT2D eigenvalue weighted by Gasteiger charge is 2.15. The molecule has 7 nitrogen and oxygen atoms in total. The largest absolute Gasteiger partial charge is 0.325 e. The van der Waals surface area contributed by atoms with E-state index in [1.807, 2.05) is 56.5 Å². The van der Waals surface area contributed by atoms with Crippen LogP contribution in [0.3, 0.4) is 0 Å². The topological polar surface area (TPSA) is 85.6 Å². The molecule has 0 radical (unpaired) electrons. The standard InChI is InChI=1S/C22H26N6OS2/c1-6-10-28-19(12-30-21-23-15(3)11-16(4)24-21)26-27-22(28)31-13-20(29)25-18-9-7-8-14(2)17(18)5/h6-9,11H,1,10,12-13H2,2-5H3,(H,25,29). The van der Waals surface area contributed by atoms with E-state index in [1.54, 1.807) is 6.08 Å². The van der Waals surface area contributed by atoms with Gasteiger partial charge in [-0.15, -0.1) is 16.8 Å². The van der Waals surface area contributed by atoms with Crippen LogP contribution in [0.5, 0.6) is 0 Å². The van der Waals surface area contributed by atoms with E-state index in [2.05, 4.69) is 32.1 Å². The first-order valence-corrected chi connectivity index (χ1v) is 11.8.